The van der Waals surface area contributed by atoms with Crippen molar-refractivity contribution in [3.8, 4) is 11.5 Å². The van der Waals surface area contributed by atoms with Crippen LogP contribution in [-0.2, 0) is 16.2 Å². The first-order valence-electron chi connectivity index (χ1n) is 18.4. The summed E-state index contributed by atoms with van der Waals surface area (Å²) in [6.07, 6.45) is 3.34. The molecule has 9 heteroatoms. The van der Waals surface area contributed by atoms with Crippen molar-refractivity contribution in [2.24, 2.45) is 0 Å². The number of nitrogens with one attached hydrogen (secondary N) is 1. The summed E-state index contributed by atoms with van der Waals surface area (Å²) in [5.41, 5.74) is 8.79. The molecule has 2 atom stereocenters. The number of carbonyl (C=O) groups excluding carboxylic acids is 3. The number of benzene rings is 5. The van der Waals surface area contributed by atoms with Gasteiger partial charge in [-0.3, -0.25) is 14.9 Å². The second kappa shape index (κ2) is 15.1. The van der Waals surface area contributed by atoms with Crippen LogP contribution in [-0.4, -0.2) is 37.5 Å². The molecule has 1 N–H and O–H groups in total. The van der Waals surface area contributed by atoms with Crippen LogP contribution < -0.4 is 24.6 Å². The molecule has 1 fully saturated rings. The Kier molecular flexibility index (Phi) is 9.98. The quantitative estimate of drug-likeness (QED) is 0.0907. The predicted molar refractivity (Wildman–Crippen MR) is 219 cm³/mol. The maximum Gasteiger partial charge on any atom is 0.335 e. The highest BCUT2D eigenvalue weighted by molar-refractivity contribution is 14.1. The van der Waals surface area contributed by atoms with Gasteiger partial charge in [-0.15, -0.1) is 0 Å². The Morgan fingerprint density at radius 3 is 2.00 bits per heavy atom. The van der Waals surface area contributed by atoms with E-state index in [1.165, 1.54) is 28.5 Å². The number of urea groups is 1. The first-order chi connectivity index (χ1) is 26.3. The number of rotatable bonds is 9. The molecule has 3 heterocycles. The lowest BCUT2D eigenvalue weighted by Crippen LogP contribution is -2.54. The number of barbiturate groups is 1. The molecule has 0 unspecified atom stereocenters. The first-order valence-corrected chi connectivity index (χ1v) is 19.5. The Bertz CT molecular complexity index is 2200. The molecule has 0 spiro atoms. The zero-order valence-electron chi connectivity index (χ0n) is 30.2. The summed E-state index contributed by atoms with van der Waals surface area (Å²) in [7, 11) is 0. The van der Waals surface area contributed by atoms with Crippen molar-refractivity contribution >= 4 is 57.9 Å². The van der Waals surface area contributed by atoms with E-state index in [9.17, 15) is 14.4 Å². The Labute approximate surface area is 328 Å². The fraction of sp³-hybridized carbons (Fsp3) is 0.222. The highest BCUT2D eigenvalue weighted by atomic mass is 127. The van der Waals surface area contributed by atoms with E-state index in [1.807, 2.05) is 68.4 Å². The van der Waals surface area contributed by atoms with Crippen LogP contribution in [0.25, 0.3) is 6.08 Å². The SMILES string of the molecule is CCOc1cc(/C=C2\C(=O)NC(=O)N(c3cc4c5c(c3)[C@H](c3ccccc3)CCN5CC[C@@H]4c3ccccc3)C2=O)cc(I)c1OCc1ccc(C)cc1. The Morgan fingerprint density at radius 1 is 0.796 bits per heavy atom. The topological polar surface area (TPSA) is 88.2 Å². The molecule has 0 bridgehead atoms. The van der Waals surface area contributed by atoms with Crippen LogP contribution in [0.5, 0.6) is 11.5 Å². The van der Waals surface area contributed by atoms with E-state index in [-0.39, 0.29) is 17.4 Å². The third-order valence-corrected chi connectivity index (χ3v) is 11.3. The van der Waals surface area contributed by atoms with Gasteiger partial charge >= 0.3 is 6.03 Å². The molecule has 272 valence electrons. The van der Waals surface area contributed by atoms with Crippen molar-refractivity contribution in [2.75, 3.05) is 29.5 Å². The number of hydrogen-bond donors (Lipinski definition) is 1. The van der Waals surface area contributed by atoms with Crippen molar-refractivity contribution < 1.29 is 23.9 Å². The van der Waals surface area contributed by atoms with Gasteiger partial charge in [-0.1, -0.05) is 90.5 Å². The number of nitrogens with zero attached hydrogens (tertiary/aromatic N) is 2. The Balaban J connectivity index is 1.19. The van der Waals surface area contributed by atoms with Crippen LogP contribution in [0.15, 0.2) is 115 Å². The zero-order valence-corrected chi connectivity index (χ0v) is 32.3. The van der Waals surface area contributed by atoms with E-state index in [2.05, 4.69) is 81.3 Å². The van der Waals surface area contributed by atoms with E-state index >= 15 is 0 Å². The van der Waals surface area contributed by atoms with Crippen LogP contribution >= 0.6 is 22.6 Å². The smallest absolute Gasteiger partial charge is 0.335 e. The average Bonchev–Trinajstić information content (AvgIpc) is 3.18. The van der Waals surface area contributed by atoms with Gasteiger partial charge in [0.25, 0.3) is 11.8 Å². The van der Waals surface area contributed by atoms with Crippen molar-refractivity contribution in [1.82, 2.24) is 5.32 Å². The van der Waals surface area contributed by atoms with E-state index < -0.39 is 17.8 Å². The number of halogens is 1. The Hall–Kier alpha value is -5.42. The van der Waals surface area contributed by atoms with Gasteiger partial charge in [-0.05, 0) is 113 Å². The molecule has 1 saturated heterocycles. The van der Waals surface area contributed by atoms with Gasteiger partial charge in [0.15, 0.2) is 11.5 Å². The monoisotopic (exact) mass is 829 g/mol. The summed E-state index contributed by atoms with van der Waals surface area (Å²) in [6.45, 7) is 6.52. The third-order valence-electron chi connectivity index (χ3n) is 10.5. The number of carbonyl (C=O) groups is 3. The lowest BCUT2D eigenvalue weighted by atomic mass is 9.76. The normalized spacial score (nSPS) is 18.7. The molecule has 4 amide bonds. The van der Waals surface area contributed by atoms with Crippen molar-refractivity contribution in [1.29, 1.82) is 0 Å². The number of ether oxygens (including phenoxy) is 2. The minimum atomic E-state index is -0.769. The van der Waals surface area contributed by atoms with E-state index in [0.717, 1.165) is 51.1 Å². The van der Waals surface area contributed by atoms with Crippen molar-refractivity contribution in [3.63, 3.8) is 0 Å². The lowest BCUT2D eigenvalue weighted by molar-refractivity contribution is -0.122. The van der Waals surface area contributed by atoms with Crippen LogP contribution in [0.2, 0.25) is 0 Å². The molecular formula is C45H40IN3O5. The summed E-state index contributed by atoms with van der Waals surface area (Å²) < 4.78 is 13.0. The van der Waals surface area contributed by atoms with Gasteiger partial charge in [0, 0.05) is 30.6 Å². The summed E-state index contributed by atoms with van der Waals surface area (Å²) in [4.78, 5) is 45.1. The standard InChI is InChI=1S/C45H40IN3O5/c1-3-53-40-24-30(23-39(46)42(40)54-27-29-16-14-28(2)15-17-29)22-38-43(50)47-45(52)49(44(38)51)33-25-36-34(31-10-6-4-7-11-31)18-20-48-21-19-35(37(26-33)41(36)48)32-12-8-5-9-13-32/h4-17,22-26,34-35H,3,18-21,27H2,1-2H3,(H,47,50,52)/b38-22+/t34-,35+. The van der Waals surface area contributed by atoms with Crippen LogP contribution in [0.1, 0.15) is 70.5 Å². The molecular weight excluding hydrogens is 789 g/mol. The van der Waals surface area contributed by atoms with Gasteiger partial charge in [0.1, 0.15) is 12.2 Å². The summed E-state index contributed by atoms with van der Waals surface area (Å²) >= 11 is 2.18. The summed E-state index contributed by atoms with van der Waals surface area (Å²) in [6, 6.07) is 35.8. The molecule has 3 aliphatic rings. The maximum atomic E-state index is 14.5. The molecule has 5 aromatic rings. The van der Waals surface area contributed by atoms with E-state index in [4.69, 9.17) is 9.47 Å². The number of aryl methyl sites for hydroxylation is 1. The Morgan fingerprint density at radius 2 is 1.41 bits per heavy atom. The molecule has 0 aliphatic carbocycles. The van der Waals surface area contributed by atoms with Crippen molar-refractivity contribution in [3.05, 3.63) is 157 Å². The van der Waals surface area contributed by atoms with Gasteiger partial charge in [0.05, 0.1) is 15.9 Å². The highest BCUT2D eigenvalue weighted by Gasteiger charge is 2.40. The number of imide groups is 2. The average molecular weight is 830 g/mol. The molecule has 0 radical (unpaired) electrons. The van der Waals surface area contributed by atoms with Crippen LogP contribution in [0.4, 0.5) is 16.2 Å². The van der Waals surface area contributed by atoms with E-state index in [1.54, 1.807) is 6.07 Å². The summed E-state index contributed by atoms with van der Waals surface area (Å²) in [5.74, 6) is -0.193. The van der Waals surface area contributed by atoms with Gasteiger partial charge in [-0.2, -0.15) is 0 Å². The molecule has 5 aromatic carbocycles. The molecule has 54 heavy (non-hydrogen) atoms. The molecule has 0 saturated carbocycles. The molecule has 3 aliphatic heterocycles. The lowest BCUT2D eigenvalue weighted by Gasteiger charge is -2.44. The molecule has 0 aromatic heterocycles. The van der Waals surface area contributed by atoms with Gasteiger partial charge in [0.2, 0.25) is 0 Å². The van der Waals surface area contributed by atoms with Gasteiger partial charge in [-0.25, -0.2) is 9.69 Å². The fourth-order valence-corrected chi connectivity index (χ4v) is 8.72. The zero-order chi connectivity index (χ0) is 37.3. The molecule has 8 rings (SSSR count). The largest absolute Gasteiger partial charge is 0.490 e. The first kappa shape index (κ1) is 35.6. The number of anilines is 2. The minimum Gasteiger partial charge on any atom is -0.490 e. The second-order valence-electron chi connectivity index (χ2n) is 14.0. The number of hydrogen-bond acceptors (Lipinski definition) is 6. The number of amides is 4. The highest BCUT2D eigenvalue weighted by Crippen LogP contribution is 2.50. The maximum absolute atomic E-state index is 14.5. The third kappa shape index (κ3) is 6.88. The van der Waals surface area contributed by atoms with Crippen LogP contribution in [0, 0.1) is 10.5 Å². The van der Waals surface area contributed by atoms with Crippen molar-refractivity contribution in [2.45, 2.75) is 45.1 Å². The second-order valence-corrected chi connectivity index (χ2v) is 15.1. The van der Waals surface area contributed by atoms with Gasteiger partial charge < -0.3 is 14.4 Å². The predicted octanol–water partition coefficient (Wildman–Crippen LogP) is 9.12. The fourth-order valence-electron chi connectivity index (χ4n) is 7.94. The molecule has 8 nitrogen and oxygen atoms in total. The van der Waals surface area contributed by atoms with Crippen LogP contribution in [0.3, 0.4) is 0 Å². The summed E-state index contributed by atoms with van der Waals surface area (Å²) in [5, 5.41) is 2.45. The van der Waals surface area contributed by atoms with E-state index in [0.29, 0.717) is 36.0 Å². The minimum absolute atomic E-state index is 0.0797.